The van der Waals surface area contributed by atoms with E-state index in [1.54, 1.807) is 0 Å². The fraction of sp³-hybridized carbons (Fsp3) is 0.667. The van der Waals surface area contributed by atoms with Crippen LogP contribution >= 0.6 is 12.6 Å². The Morgan fingerprint density at radius 3 is 2.67 bits per heavy atom. The van der Waals surface area contributed by atoms with Crippen LogP contribution in [0.15, 0.2) is 6.33 Å². The van der Waals surface area contributed by atoms with E-state index in [2.05, 4.69) is 36.0 Å². The number of hydrogen-bond donors (Lipinski definition) is 1. The number of imidazole rings is 1. The van der Waals surface area contributed by atoms with Gasteiger partial charge in [0.25, 0.3) is 0 Å². The second kappa shape index (κ2) is 3.99. The number of thiol groups is 1. The monoisotopic (exact) mass is 184 g/mol. The molecule has 68 valence electrons. The van der Waals surface area contributed by atoms with Crippen LogP contribution in [0.25, 0.3) is 0 Å². The Balaban J connectivity index is 2.69. The highest BCUT2D eigenvalue weighted by molar-refractivity contribution is 7.80. The van der Waals surface area contributed by atoms with Gasteiger partial charge in [0.2, 0.25) is 0 Å². The van der Waals surface area contributed by atoms with E-state index in [-0.39, 0.29) is 0 Å². The van der Waals surface area contributed by atoms with E-state index >= 15 is 0 Å². The van der Waals surface area contributed by atoms with Crippen molar-refractivity contribution in [1.29, 1.82) is 0 Å². The summed E-state index contributed by atoms with van der Waals surface area (Å²) < 4.78 is 2.19. The lowest BCUT2D eigenvalue weighted by atomic mass is 10.2. The summed E-state index contributed by atoms with van der Waals surface area (Å²) in [6.07, 6.45) is 1.91. The molecular weight excluding hydrogens is 168 g/mol. The number of nitrogens with zero attached hydrogens (tertiary/aromatic N) is 2. The lowest BCUT2D eigenvalue weighted by molar-refractivity contribution is 0.523. The molecule has 0 aliphatic carbocycles. The van der Waals surface area contributed by atoms with Crippen molar-refractivity contribution in [3.63, 3.8) is 0 Å². The Hall–Kier alpha value is -0.440. The summed E-state index contributed by atoms with van der Waals surface area (Å²) in [6, 6.07) is 0. The third kappa shape index (κ3) is 2.03. The number of hydrogen-bond acceptors (Lipinski definition) is 2. The molecule has 1 rings (SSSR count). The standard InChI is InChI=1S/C9H16N2S/c1-7(5-12)4-11-6-10-8(2)9(11)3/h6-7,12H,4-5H2,1-3H3. The fourth-order valence-electron chi connectivity index (χ4n) is 1.12. The van der Waals surface area contributed by atoms with Crippen molar-refractivity contribution < 1.29 is 0 Å². The Kier molecular flexibility index (Phi) is 3.20. The molecule has 0 saturated heterocycles. The highest BCUT2D eigenvalue weighted by Crippen LogP contribution is 2.08. The zero-order valence-corrected chi connectivity index (χ0v) is 8.80. The molecule has 0 aliphatic rings. The lowest BCUT2D eigenvalue weighted by Gasteiger charge is -2.10. The summed E-state index contributed by atoms with van der Waals surface area (Å²) in [5.41, 5.74) is 2.39. The fourth-order valence-corrected chi connectivity index (χ4v) is 1.24. The van der Waals surface area contributed by atoms with Crippen LogP contribution in [0.2, 0.25) is 0 Å². The zero-order chi connectivity index (χ0) is 9.14. The van der Waals surface area contributed by atoms with Gasteiger partial charge in [-0.2, -0.15) is 12.6 Å². The Labute approximate surface area is 79.4 Å². The van der Waals surface area contributed by atoms with Crippen molar-refractivity contribution >= 4 is 12.6 Å². The molecule has 1 atom stereocenters. The van der Waals surface area contributed by atoms with Crippen LogP contribution < -0.4 is 0 Å². The quantitative estimate of drug-likeness (QED) is 0.712. The minimum absolute atomic E-state index is 0.612. The van der Waals surface area contributed by atoms with Gasteiger partial charge in [0, 0.05) is 12.2 Å². The molecule has 1 unspecified atom stereocenters. The van der Waals surface area contributed by atoms with E-state index in [9.17, 15) is 0 Å². The largest absolute Gasteiger partial charge is 0.334 e. The molecule has 0 amide bonds. The summed E-state index contributed by atoms with van der Waals surface area (Å²) in [7, 11) is 0. The minimum atomic E-state index is 0.612. The van der Waals surface area contributed by atoms with Crippen molar-refractivity contribution in [3.8, 4) is 0 Å². The molecule has 0 spiro atoms. The van der Waals surface area contributed by atoms with Gasteiger partial charge in [-0.15, -0.1) is 0 Å². The van der Waals surface area contributed by atoms with E-state index in [1.807, 2.05) is 13.3 Å². The molecule has 0 radical (unpaired) electrons. The Morgan fingerprint density at radius 1 is 1.58 bits per heavy atom. The molecule has 0 N–H and O–H groups in total. The smallest absolute Gasteiger partial charge is 0.0951 e. The predicted molar refractivity (Wildman–Crippen MR) is 54.7 cm³/mol. The molecule has 0 aromatic carbocycles. The number of aromatic nitrogens is 2. The molecule has 0 bridgehead atoms. The second-order valence-electron chi connectivity index (χ2n) is 3.36. The van der Waals surface area contributed by atoms with E-state index in [4.69, 9.17) is 0 Å². The summed E-state index contributed by atoms with van der Waals surface area (Å²) in [4.78, 5) is 4.24. The topological polar surface area (TPSA) is 17.8 Å². The first kappa shape index (κ1) is 9.65. The molecule has 0 fully saturated rings. The Morgan fingerprint density at radius 2 is 2.25 bits per heavy atom. The van der Waals surface area contributed by atoms with Crippen LogP contribution in [0.3, 0.4) is 0 Å². The summed E-state index contributed by atoms with van der Waals surface area (Å²) in [6.45, 7) is 7.36. The molecule has 1 heterocycles. The predicted octanol–water partition coefficient (Wildman–Crippen LogP) is 2.07. The maximum Gasteiger partial charge on any atom is 0.0951 e. The van der Waals surface area contributed by atoms with Crippen LogP contribution in [0.5, 0.6) is 0 Å². The van der Waals surface area contributed by atoms with E-state index in [0.717, 1.165) is 18.0 Å². The van der Waals surface area contributed by atoms with Gasteiger partial charge >= 0.3 is 0 Å². The molecule has 1 aromatic heterocycles. The van der Waals surface area contributed by atoms with Crippen molar-refractivity contribution in [3.05, 3.63) is 17.7 Å². The number of aryl methyl sites for hydroxylation is 1. The highest BCUT2D eigenvalue weighted by atomic mass is 32.1. The van der Waals surface area contributed by atoms with Gasteiger partial charge in [0.15, 0.2) is 0 Å². The molecule has 12 heavy (non-hydrogen) atoms. The van der Waals surface area contributed by atoms with Gasteiger partial charge in [-0.1, -0.05) is 6.92 Å². The third-order valence-electron chi connectivity index (χ3n) is 2.17. The SMILES string of the molecule is Cc1ncn(CC(C)CS)c1C. The average Bonchev–Trinajstić information content (AvgIpc) is 2.36. The summed E-state index contributed by atoms with van der Waals surface area (Å²) in [5, 5.41) is 0. The van der Waals surface area contributed by atoms with Crippen molar-refractivity contribution in [2.45, 2.75) is 27.3 Å². The summed E-state index contributed by atoms with van der Waals surface area (Å²) >= 11 is 4.25. The van der Waals surface area contributed by atoms with Crippen LogP contribution in [0.4, 0.5) is 0 Å². The Bertz CT molecular complexity index is 255. The maximum absolute atomic E-state index is 4.25. The van der Waals surface area contributed by atoms with Gasteiger partial charge in [-0.25, -0.2) is 4.98 Å². The van der Waals surface area contributed by atoms with Gasteiger partial charge in [-0.3, -0.25) is 0 Å². The lowest BCUT2D eigenvalue weighted by Crippen LogP contribution is -2.09. The van der Waals surface area contributed by atoms with Gasteiger partial charge < -0.3 is 4.57 Å². The van der Waals surface area contributed by atoms with Crippen LogP contribution in [-0.2, 0) is 6.54 Å². The first-order valence-electron chi connectivity index (χ1n) is 4.24. The van der Waals surface area contributed by atoms with Crippen molar-refractivity contribution in [2.24, 2.45) is 5.92 Å². The zero-order valence-electron chi connectivity index (χ0n) is 7.91. The normalized spacial score (nSPS) is 13.3. The van der Waals surface area contributed by atoms with Crippen LogP contribution in [0, 0.1) is 19.8 Å². The van der Waals surface area contributed by atoms with Gasteiger partial charge in [0.1, 0.15) is 0 Å². The number of rotatable bonds is 3. The average molecular weight is 184 g/mol. The van der Waals surface area contributed by atoms with E-state index in [1.165, 1.54) is 5.69 Å². The third-order valence-corrected chi connectivity index (χ3v) is 2.79. The molecule has 2 nitrogen and oxygen atoms in total. The molecular formula is C9H16N2S. The first-order chi connectivity index (χ1) is 5.65. The molecule has 1 aromatic rings. The van der Waals surface area contributed by atoms with E-state index in [0.29, 0.717) is 5.92 Å². The highest BCUT2D eigenvalue weighted by Gasteiger charge is 2.04. The van der Waals surface area contributed by atoms with Crippen LogP contribution in [0.1, 0.15) is 18.3 Å². The van der Waals surface area contributed by atoms with Crippen LogP contribution in [-0.4, -0.2) is 15.3 Å². The molecule has 0 saturated carbocycles. The van der Waals surface area contributed by atoms with E-state index < -0.39 is 0 Å². The van der Waals surface area contributed by atoms with Gasteiger partial charge in [-0.05, 0) is 25.5 Å². The first-order valence-corrected chi connectivity index (χ1v) is 4.87. The van der Waals surface area contributed by atoms with Crippen molar-refractivity contribution in [2.75, 3.05) is 5.75 Å². The molecule has 0 aliphatic heterocycles. The summed E-state index contributed by atoms with van der Waals surface area (Å²) in [5.74, 6) is 1.54. The molecule has 3 heteroatoms. The maximum atomic E-state index is 4.25. The van der Waals surface area contributed by atoms with Crippen molar-refractivity contribution in [1.82, 2.24) is 9.55 Å². The minimum Gasteiger partial charge on any atom is -0.334 e. The van der Waals surface area contributed by atoms with Gasteiger partial charge in [0.05, 0.1) is 12.0 Å². The second-order valence-corrected chi connectivity index (χ2v) is 3.72.